The highest BCUT2D eigenvalue weighted by Gasteiger charge is 2.52. The molecule has 15 atom stereocenters. The predicted molar refractivity (Wildman–Crippen MR) is 125 cm³/mol. The van der Waals surface area contributed by atoms with Gasteiger partial charge in [0, 0.05) is 12.6 Å². The number of nitrogens with one attached hydrogen (secondary N) is 1. The average molecular weight is 556 g/mol. The maximum atomic E-state index is 12.4. The molecule has 17 heteroatoms. The Morgan fingerprint density at radius 3 is 2.08 bits per heavy atom. The van der Waals surface area contributed by atoms with Crippen molar-refractivity contribution < 1.29 is 59.5 Å². The van der Waals surface area contributed by atoms with E-state index in [1.54, 1.807) is 0 Å². The molecular weight excluding hydrogens is 514 g/mol. The van der Waals surface area contributed by atoms with Gasteiger partial charge in [0.15, 0.2) is 12.6 Å². The number of hydrogen-bond donors (Lipinski definition) is 12. The van der Waals surface area contributed by atoms with Gasteiger partial charge in [-0.05, 0) is 19.4 Å². The Kier molecular flexibility index (Phi) is 11.1. The molecule has 1 aliphatic carbocycles. The van der Waals surface area contributed by atoms with Crippen molar-refractivity contribution in [1.82, 2.24) is 5.32 Å². The molecule has 38 heavy (non-hydrogen) atoms. The lowest BCUT2D eigenvalue weighted by Gasteiger charge is -2.47. The Balaban J connectivity index is 1.84. The summed E-state index contributed by atoms with van der Waals surface area (Å²) in [6.45, 7) is -0.763. The van der Waals surface area contributed by atoms with E-state index in [9.17, 15) is 40.5 Å². The van der Waals surface area contributed by atoms with Crippen molar-refractivity contribution in [2.24, 2.45) is 22.9 Å². The minimum absolute atomic E-state index is 0.0239. The highest BCUT2D eigenvalue weighted by Crippen LogP contribution is 2.32. The number of carbonyl (C=O) groups excluding carboxylic acids is 1. The molecule has 1 saturated carbocycles. The number of ether oxygens (including phenoxy) is 4. The van der Waals surface area contributed by atoms with E-state index in [0.717, 1.165) is 0 Å². The van der Waals surface area contributed by atoms with Gasteiger partial charge in [-0.1, -0.05) is 0 Å². The highest BCUT2D eigenvalue weighted by atomic mass is 16.7. The zero-order valence-corrected chi connectivity index (χ0v) is 20.7. The summed E-state index contributed by atoms with van der Waals surface area (Å²) in [7, 11) is 0. The normalized spacial score (nSPS) is 46.6. The summed E-state index contributed by atoms with van der Waals surface area (Å²) in [5, 5.41) is 74.1. The highest BCUT2D eigenvalue weighted by molar-refractivity contribution is 5.80. The van der Waals surface area contributed by atoms with Gasteiger partial charge in [-0.25, -0.2) is 0 Å². The van der Waals surface area contributed by atoms with Gasteiger partial charge in [-0.2, -0.15) is 0 Å². The van der Waals surface area contributed by atoms with E-state index in [-0.39, 0.29) is 25.9 Å². The van der Waals surface area contributed by atoms with Crippen molar-refractivity contribution in [2.75, 3.05) is 19.7 Å². The van der Waals surface area contributed by atoms with Crippen molar-refractivity contribution in [2.45, 2.75) is 105 Å². The zero-order chi connectivity index (χ0) is 28.3. The Labute approximate surface area is 218 Å². The molecule has 0 aromatic rings. The largest absolute Gasteiger partial charge is 0.394 e. The molecule has 3 rings (SSSR count). The van der Waals surface area contributed by atoms with Crippen LogP contribution in [-0.2, 0) is 23.7 Å². The lowest BCUT2D eigenvalue weighted by Crippen LogP contribution is -2.69. The van der Waals surface area contributed by atoms with Crippen molar-refractivity contribution in [1.29, 1.82) is 0 Å². The van der Waals surface area contributed by atoms with Crippen LogP contribution in [0.15, 0.2) is 0 Å². The first-order valence-corrected chi connectivity index (χ1v) is 12.5. The molecule has 1 amide bonds. The third kappa shape index (κ3) is 6.60. The summed E-state index contributed by atoms with van der Waals surface area (Å²) in [6, 6.07) is -3.33. The number of aliphatic hydroxyl groups is 7. The summed E-state index contributed by atoms with van der Waals surface area (Å²) in [6.07, 6.45) is -16.9. The Morgan fingerprint density at radius 1 is 0.895 bits per heavy atom. The maximum Gasteiger partial charge on any atom is 0.249 e. The van der Waals surface area contributed by atoms with Gasteiger partial charge in [0.1, 0.15) is 61.0 Å². The van der Waals surface area contributed by atoms with Gasteiger partial charge in [-0.15, -0.1) is 0 Å². The first-order chi connectivity index (χ1) is 17.9. The number of aliphatic hydroxyl groups excluding tert-OH is 7. The SMILES string of the molecule is NCCC(O)C(=O)NC1CC(N)C(OC2OC(CO)C(O)C(O)C2N)C(OC2OC(CN)C(O)C2O)C1O. The minimum Gasteiger partial charge on any atom is -0.394 e. The van der Waals surface area contributed by atoms with Crippen LogP contribution in [0, 0.1) is 0 Å². The minimum atomic E-state index is -1.56. The third-order valence-electron chi connectivity index (χ3n) is 7.15. The maximum absolute atomic E-state index is 12.4. The Hall–Kier alpha value is -1.13. The molecular formula is C21H41N5O12. The second-order valence-electron chi connectivity index (χ2n) is 9.84. The Bertz CT molecular complexity index is 770. The first-order valence-electron chi connectivity index (χ1n) is 12.5. The van der Waals surface area contributed by atoms with Crippen molar-refractivity contribution in [3.63, 3.8) is 0 Å². The van der Waals surface area contributed by atoms with Crippen LogP contribution >= 0.6 is 0 Å². The third-order valence-corrected chi connectivity index (χ3v) is 7.15. The molecule has 3 aliphatic rings. The Morgan fingerprint density at radius 2 is 1.50 bits per heavy atom. The first kappa shape index (κ1) is 31.4. The van der Waals surface area contributed by atoms with E-state index < -0.39 is 104 Å². The van der Waals surface area contributed by atoms with Crippen LogP contribution in [-0.4, -0.2) is 153 Å². The topological polar surface area (TPSA) is 312 Å². The molecule has 2 saturated heterocycles. The van der Waals surface area contributed by atoms with Crippen LogP contribution in [0.2, 0.25) is 0 Å². The van der Waals surface area contributed by atoms with Crippen LogP contribution in [0.3, 0.4) is 0 Å². The van der Waals surface area contributed by atoms with Crippen molar-refractivity contribution >= 4 is 5.91 Å². The van der Waals surface area contributed by atoms with E-state index in [1.807, 2.05) is 0 Å². The number of amides is 1. The molecule has 0 bridgehead atoms. The molecule has 222 valence electrons. The molecule has 15 unspecified atom stereocenters. The summed E-state index contributed by atoms with van der Waals surface area (Å²) in [4.78, 5) is 12.4. The van der Waals surface area contributed by atoms with Crippen LogP contribution in [0.4, 0.5) is 0 Å². The lowest BCUT2D eigenvalue weighted by atomic mass is 9.83. The smallest absolute Gasteiger partial charge is 0.249 e. The van der Waals surface area contributed by atoms with Gasteiger partial charge in [0.05, 0.1) is 18.7 Å². The van der Waals surface area contributed by atoms with Crippen molar-refractivity contribution in [3.8, 4) is 0 Å². The molecule has 16 N–H and O–H groups in total. The molecule has 3 fully saturated rings. The van der Waals surface area contributed by atoms with E-state index in [0.29, 0.717) is 0 Å². The average Bonchev–Trinajstić information content (AvgIpc) is 3.16. The monoisotopic (exact) mass is 555 g/mol. The number of hydrogen-bond acceptors (Lipinski definition) is 16. The zero-order valence-electron chi connectivity index (χ0n) is 20.7. The fourth-order valence-corrected chi connectivity index (χ4v) is 4.84. The molecule has 2 aliphatic heterocycles. The van der Waals surface area contributed by atoms with Crippen LogP contribution < -0.4 is 28.3 Å². The van der Waals surface area contributed by atoms with Crippen LogP contribution in [0.1, 0.15) is 12.8 Å². The number of nitrogens with two attached hydrogens (primary N) is 4. The van der Waals surface area contributed by atoms with Crippen LogP contribution in [0.25, 0.3) is 0 Å². The fraction of sp³-hybridized carbons (Fsp3) is 0.952. The second kappa shape index (κ2) is 13.5. The molecule has 0 aromatic carbocycles. The van der Waals surface area contributed by atoms with Gasteiger partial charge in [-0.3, -0.25) is 4.79 Å². The van der Waals surface area contributed by atoms with E-state index in [4.69, 9.17) is 41.9 Å². The van der Waals surface area contributed by atoms with Gasteiger partial charge in [0.2, 0.25) is 5.91 Å². The molecule has 17 nitrogen and oxygen atoms in total. The van der Waals surface area contributed by atoms with E-state index >= 15 is 0 Å². The number of rotatable bonds is 10. The fourth-order valence-electron chi connectivity index (χ4n) is 4.84. The second-order valence-corrected chi connectivity index (χ2v) is 9.84. The summed E-state index contributed by atoms with van der Waals surface area (Å²) in [5.74, 6) is -0.805. The number of carbonyl (C=O) groups is 1. The summed E-state index contributed by atoms with van der Waals surface area (Å²) < 4.78 is 22.7. The molecule has 2 heterocycles. The predicted octanol–water partition coefficient (Wildman–Crippen LogP) is -7.79. The molecule has 0 spiro atoms. The summed E-state index contributed by atoms with van der Waals surface area (Å²) in [5.41, 5.74) is 23.2. The van der Waals surface area contributed by atoms with Gasteiger partial charge < -0.3 is 82.9 Å². The van der Waals surface area contributed by atoms with Gasteiger partial charge in [0.25, 0.3) is 0 Å². The quantitative estimate of drug-likeness (QED) is 0.119. The van der Waals surface area contributed by atoms with Gasteiger partial charge >= 0.3 is 0 Å². The van der Waals surface area contributed by atoms with E-state index in [1.165, 1.54) is 0 Å². The summed E-state index contributed by atoms with van der Waals surface area (Å²) >= 11 is 0. The lowest BCUT2D eigenvalue weighted by molar-refractivity contribution is -0.310. The van der Waals surface area contributed by atoms with Crippen molar-refractivity contribution in [3.05, 3.63) is 0 Å². The standard InChI is InChI=1S/C21H41N5O12/c22-2-1-8(28)19(34)26-7-3-6(24)17(37-20-11(25)15(32)14(31)10(5-27)36-20)18(12(7)29)38-21-16(33)13(30)9(4-23)35-21/h6-18,20-21,27-33H,1-5,22-25H2,(H,26,34). The molecule has 0 aromatic heterocycles. The molecule has 0 radical (unpaired) electrons. The van der Waals surface area contributed by atoms with E-state index in [2.05, 4.69) is 5.32 Å². The van der Waals surface area contributed by atoms with Crippen LogP contribution in [0.5, 0.6) is 0 Å².